The van der Waals surface area contributed by atoms with Crippen LogP contribution in [0.5, 0.6) is 11.5 Å². The van der Waals surface area contributed by atoms with Gasteiger partial charge in [-0.15, -0.1) is 11.3 Å². The van der Waals surface area contributed by atoms with E-state index >= 15 is 0 Å². The zero-order valence-corrected chi connectivity index (χ0v) is 20.3. The van der Waals surface area contributed by atoms with Crippen LogP contribution in [-0.4, -0.2) is 60.0 Å². The van der Waals surface area contributed by atoms with Crippen LogP contribution in [0.25, 0.3) is 21.5 Å². The van der Waals surface area contributed by atoms with Crippen LogP contribution in [0.15, 0.2) is 46.6 Å². The number of morpholine rings is 1. The molecule has 5 rings (SSSR count). The lowest BCUT2D eigenvalue weighted by molar-refractivity contribution is 0.0325. The standard InChI is InChI=1S/C25H25FN4O4S/c1-32-21-11-19-20(12-22(21)33-2)28-23(14-29-7-9-34-10-8-29)30(25(19)31)13-18-15-35-24(27-18)16-3-5-17(26)6-4-16/h3-6,11-12,15H,7-10,13-14H2,1-2H3. The molecule has 0 radical (unpaired) electrons. The van der Waals surface area contributed by atoms with Crippen molar-refractivity contribution in [3.05, 3.63) is 69.5 Å². The SMILES string of the molecule is COc1cc2nc(CN3CCOCC3)n(Cc3csc(-c4ccc(F)cc4)n3)c(=O)c2cc1OC. The number of fused-ring (bicyclic) bond motifs is 1. The summed E-state index contributed by atoms with van der Waals surface area (Å²) in [7, 11) is 3.09. The molecule has 182 valence electrons. The zero-order chi connectivity index (χ0) is 24.4. The first kappa shape index (κ1) is 23.4. The van der Waals surface area contributed by atoms with Crippen LogP contribution in [0.2, 0.25) is 0 Å². The van der Waals surface area contributed by atoms with Crippen molar-refractivity contribution in [2.24, 2.45) is 0 Å². The second kappa shape index (κ2) is 10.1. The second-order valence-corrected chi connectivity index (χ2v) is 9.04. The van der Waals surface area contributed by atoms with E-state index in [1.165, 1.54) is 30.6 Å². The van der Waals surface area contributed by atoms with Crippen molar-refractivity contribution in [1.82, 2.24) is 19.4 Å². The third kappa shape index (κ3) is 4.90. The number of methoxy groups -OCH3 is 2. The molecule has 0 aliphatic carbocycles. The predicted octanol–water partition coefficient (Wildman–Crippen LogP) is 3.56. The Morgan fingerprint density at radius 3 is 2.46 bits per heavy atom. The van der Waals surface area contributed by atoms with Gasteiger partial charge in [-0.1, -0.05) is 0 Å². The number of rotatable bonds is 7. The van der Waals surface area contributed by atoms with Crippen molar-refractivity contribution < 1.29 is 18.6 Å². The summed E-state index contributed by atoms with van der Waals surface area (Å²) in [6.07, 6.45) is 0. The Hall–Kier alpha value is -3.34. The minimum absolute atomic E-state index is 0.171. The zero-order valence-electron chi connectivity index (χ0n) is 19.5. The van der Waals surface area contributed by atoms with Gasteiger partial charge in [-0.2, -0.15) is 0 Å². The number of hydrogen-bond acceptors (Lipinski definition) is 8. The number of thiazole rings is 1. The van der Waals surface area contributed by atoms with Crippen LogP contribution < -0.4 is 15.0 Å². The molecule has 0 bridgehead atoms. The fourth-order valence-electron chi connectivity index (χ4n) is 4.10. The molecule has 1 aliphatic rings. The molecule has 0 amide bonds. The fraction of sp³-hybridized carbons (Fsp3) is 0.320. The third-order valence-electron chi connectivity index (χ3n) is 5.97. The van der Waals surface area contributed by atoms with E-state index in [9.17, 15) is 9.18 Å². The Kier molecular flexibility index (Phi) is 6.76. The van der Waals surface area contributed by atoms with Gasteiger partial charge in [-0.05, 0) is 30.3 Å². The highest BCUT2D eigenvalue weighted by atomic mass is 32.1. The van der Waals surface area contributed by atoms with Crippen molar-refractivity contribution in [2.45, 2.75) is 13.1 Å². The first-order valence-corrected chi connectivity index (χ1v) is 12.1. The minimum Gasteiger partial charge on any atom is -0.493 e. The van der Waals surface area contributed by atoms with Gasteiger partial charge in [0.15, 0.2) is 11.5 Å². The summed E-state index contributed by atoms with van der Waals surface area (Å²) in [6, 6.07) is 9.63. The summed E-state index contributed by atoms with van der Waals surface area (Å²) in [5, 5.41) is 3.13. The highest BCUT2D eigenvalue weighted by molar-refractivity contribution is 7.13. The van der Waals surface area contributed by atoms with E-state index in [1.54, 1.807) is 35.9 Å². The summed E-state index contributed by atoms with van der Waals surface area (Å²) >= 11 is 1.46. The van der Waals surface area contributed by atoms with E-state index in [1.807, 2.05) is 5.38 Å². The molecule has 1 saturated heterocycles. The first-order chi connectivity index (χ1) is 17.1. The molecule has 0 unspecified atom stereocenters. The fourth-order valence-corrected chi connectivity index (χ4v) is 4.92. The Balaban J connectivity index is 1.56. The number of halogens is 1. The van der Waals surface area contributed by atoms with Gasteiger partial charge in [0.25, 0.3) is 5.56 Å². The molecule has 8 nitrogen and oxygen atoms in total. The summed E-state index contributed by atoms with van der Waals surface area (Å²) in [5.41, 5.74) is 1.95. The summed E-state index contributed by atoms with van der Waals surface area (Å²) in [6.45, 7) is 3.62. The molecule has 2 aromatic carbocycles. The average Bonchev–Trinajstić information content (AvgIpc) is 3.35. The van der Waals surface area contributed by atoms with E-state index < -0.39 is 0 Å². The van der Waals surface area contributed by atoms with Gasteiger partial charge in [0.2, 0.25) is 0 Å². The molecule has 1 aliphatic heterocycles. The highest BCUT2D eigenvalue weighted by Gasteiger charge is 2.19. The van der Waals surface area contributed by atoms with Crippen molar-refractivity contribution in [2.75, 3.05) is 40.5 Å². The van der Waals surface area contributed by atoms with E-state index in [-0.39, 0.29) is 17.9 Å². The topological polar surface area (TPSA) is 78.7 Å². The lowest BCUT2D eigenvalue weighted by Gasteiger charge is -2.27. The molecule has 3 heterocycles. The Bertz CT molecular complexity index is 1400. The van der Waals surface area contributed by atoms with E-state index in [0.717, 1.165) is 29.4 Å². The van der Waals surface area contributed by atoms with Gasteiger partial charge < -0.3 is 14.2 Å². The van der Waals surface area contributed by atoms with Crippen molar-refractivity contribution in [3.63, 3.8) is 0 Å². The minimum atomic E-state index is -0.292. The summed E-state index contributed by atoms with van der Waals surface area (Å²) < 4.78 is 31.3. The Morgan fingerprint density at radius 1 is 1.03 bits per heavy atom. The Morgan fingerprint density at radius 2 is 1.74 bits per heavy atom. The average molecular weight is 497 g/mol. The molecular formula is C25H25FN4O4S. The van der Waals surface area contributed by atoms with Gasteiger partial charge in [-0.25, -0.2) is 14.4 Å². The largest absolute Gasteiger partial charge is 0.493 e. The molecule has 0 atom stereocenters. The molecule has 10 heteroatoms. The molecule has 35 heavy (non-hydrogen) atoms. The third-order valence-corrected chi connectivity index (χ3v) is 6.91. The normalized spacial score (nSPS) is 14.4. The number of aromatic nitrogens is 3. The maximum atomic E-state index is 13.7. The molecule has 4 aromatic rings. The molecule has 0 N–H and O–H groups in total. The smallest absolute Gasteiger partial charge is 0.261 e. The van der Waals surface area contributed by atoms with Crippen molar-refractivity contribution >= 4 is 22.2 Å². The van der Waals surface area contributed by atoms with E-state index in [2.05, 4.69) is 4.90 Å². The number of ether oxygens (including phenoxy) is 3. The molecular weight excluding hydrogens is 471 g/mol. The van der Waals surface area contributed by atoms with Crippen molar-refractivity contribution in [3.8, 4) is 22.1 Å². The quantitative estimate of drug-likeness (QED) is 0.387. The van der Waals surface area contributed by atoms with Gasteiger partial charge in [-0.3, -0.25) is 14.3 Å². The van der Waals surface area contributed by atoms with Crippen LogP contribution in [0.3, 0.4) is 0 Å². The molecule has 1 fully saturated rings. The van der Waals surface area contributed by atoms with Gasteiger partial charge in [0.1, 0.15) is 16.6 Å². The molecule has 0 saturated carbocycles. The highest BCUT2D eigenvalue weighted by Crippen LogP contribution is 2.30. The maximum Gasteiger partial charge on any atom is 0.261 e. The first-order valence-electron chi connectivity index (χ1n) is 11.2. The lowest BCUT2D eigenvalue weighted by atomic mass is 10.2. The van der Waals surface area contributed by atoms with Gasteiger partial charge >= 0.3 is 0 Å². The van der Waals surface area contributed by atoms with Gasteiger partial charge in [0, 0.05) is 30.1 Å². The predicted molar refractivity (Wildman–Crippen MR) is 132 cm³/mol. The van der Waals surface area contributed by atoms with Crippen LogP contribution in [0.1, 0.15) is 11.5 Å². The van der Waals surface area contributed by atoms with E-state index in [4.69, 9.17) is 24.2 Å². The number of nitrogens with zero attached hydrogens (tertiary/aromatic N) is 4. The Labute approximate surface area is 205 Å². The van der Waals surface area contributed by atoms with Crippen LogP contribution in [0, 0.1) is 5.82 Å². The molecule has 0 spiro atoms. The van der Waals surface area contributed by atoms with Crippen LogP contribution >= 0.6 is 11.3 Å². The van der Waals surface area contributed by atoms with Crippen LogP contribution in [-0.2, 0) is 17.8 Å². The van der Waals surface area contributed by atoms with Crippen LogP contribution in [0.4, 0.5) is 4.39 Å². The monoisotopic (exact) mass is 496 g/mol. The van der Waals surface area contributed by atoms with Crippen molar-refractivity contribution in [1.29, 1.82) is 0 Å². The van der Waals surface area contributed by atoms with E-state index in [0.29, 0.717) is 48.0 Å². The lowest BCUT2D eigenvalue weighted by Crippen LogP contribution is -2.38. The second-order valence-electron chi connectivity index (χ2n) is 8.18. The summed E-state index contributed by atoms with van der Waals surface area (Å²) in [5.74, 6) is 1.34. The molecule has 2 aromatic heterocycles. The summed E-state index contributed by atoms with van der Waals surface area (Å²) in [4.78, 5) is 25.5. The number of hydrogen-bond donors (Lipinski definition) is 0. The number of benzene rings is 2. The van der Waals surface area contributed by atoms with Gasteiger partial charge in [0.05, 0.1) is 57.1 Å². The maximum absolute atomic E-state index is 13.7.